The molecule has 0 aliphatic rings. The van der Waals surface area contributed by atoms with Crippen molar-refractivity contribution in [2.45, 2.75) is 0 Å². The summed E-state index contributed by atoms with van der Waals surface area (Å²) in [6, 6.07) is 0. The lowest BCUT2D eigenvalue weighted by atomic mass is 10.6. The molecule has 0 bridgehead atoms. The number of hydrogen-bond donors (Lipinski definition) is 3. The molecule has 6 nitrogen and oxygen atoms in total. The van der Waals surface area contributed by atoms with Crippen LogP contribution in [0.1, 0.15) is 0 Å². The number of aliphatic imine (C=N–C) groups is 1. The summed E-state index contributed by atoms with van der Waals surface area (Å²) in [4.78, 5) is 15.7. The lowest BCUT2D eigenvalue weighted by Gasteiger charge is -2.05. The third-order valence-electron chi connectivity index (χ3n) is 1.08. The van der Waals surface area contributed by atoms with E-state index in [2.05, 4.69) is 15.6 Å². The molecule has 0 fully saturated rings. The Kier molecular flexibility index (Phi) is 6.38. The Morgan fingerprint density at radius 3 is 2.57 bits per heavy atom. The van der Waals surface area contributed by atoms with Gasteiger partial charge in [-0.05, 0) is 12.2 Å². The van der Waals surface area contributed by atoms with Gasteiger partial charge >= 0.3 is 6.09 Å². The smallest absolute Gasteiger partial charge is 0.404 e. The molecule has 0 saturated heterocycles. The monoisotopic (exact) mass is 218 g/mol. The van der Waals surface area contributed by atoms with Crippen LogP contribution in [0, 0.1) is 0 Å². The molecule has 14 heavy (non-hydrogen) atoms. The SMILES string of the molecule is CN(C)C=NC(=S)NCCNC(=O)O. The van der Waals surface area contributed by atoms with Gasteiger partial charge in [-0.2, -0.15) is 0 Å². The van der Waals surface area contributed by atoms with Gasteiger partial charge in [-0.15, -0.1) is 0 Å². The average molecular weight is 218 g/mol. The molecule has 0 aromatic carbocycles. The summed E-state index contributed by atoms with van der Waals surface area (Å²) in [6.07, 6.45) is 0.523. The van der Waals surface area contributed by atoms with Crippen molar-refractivity contribution in [3.05, 3.63) is 0 Å². The Hall–Kier alpha value is -1.37. The molecule has 0 rings (SSSR count). The van der Waals surface area contributed by atoms with Crippen LogP contribution in [0.15, 0.2) is 4.99 Å². The first kappa shape index (κ1) is 12.6. The van der Waals surface area contributed by atoms with Crippen LogP contribution in [0.4, 0.5) is 4.79 Å². The third kappa shape index (κ3) is 8.72. The van der Waals surface area contributed by atoms with E-state index in [1.54, 1.807) is 11.2 Å². The fourth-order valence-corrected chi connectivity index (χ4v) is 0.702. The van der Waals surface area contributed by atoms with Crippen molar-refractivity contribution in [2.24, 2.45) is 4.99 Å². The number of carbonyl (C=O) groups is 1. The highest BCUT2D eigenvalue weighted by Crippen LogP contribution is 1.75. The molecule has 1 amide bonds. The minimum Gasteiger partial charge on any atom is -0.465 e. The van der Waals surface area contributed by atoms with E-state index in [-0.39, 0.29) is 0 Å². The molecule has 0 saturated carbocycles. The molecular weight excluding hydrogens is 204 g/mol. The van der Waals surface area contributed by atoms with Crippen LogP contribution in [0.2, 0.25) is 0 Å². The molecule has 80 valence electrons. The van der Waals surface area contributed by atoms with Gasteiger partial charge in [0.1, 0.15) is 0 Å². The van der Waals surface area contributed by atoms with Gasteiger partial charge in [-0.3, -0.25) is 0 Å². The minimum absolute atomic E-state index is 0.299. The van der Waals surface area contributed by atoms with E-state index in [1.165, 1.54) is 0 Å². The van der Waals surface area contributed by atoms with Crippen molar-refractivity contribution in [2.75, 3.05) is 27.2 Å². The molecular formula is C7H14N4O2S. The Morgan fingerprint density at radius 1 is 1.50 bits per heavy atom. The van der Waals surface area contributed by atoms with Gasteiger partial charge in [0.2, 0.25) is 0 Å². The third-order valence-corrected chi connectivity index (χ3v) is 1.33. The Labute approximate surface area is 88.0 Å². The molecule has 7 heteroatoms. The number of carboxylic acid groups (broad SMARTS) is 1. The first-order chi connectivity index (χ1) is 6.52. The molecule has 0 aliphatic carbocycles. The van der Waals surface area contributed by atoms with E-state index < -0.39 is 6.09 Å². The zero-order valence-corrected chi connectivity index (χ0v) is 8.97. The highest BCUT2D eigenvalue weighted by molar-refractivity contribution is 7.80. The Morgan fingerprint density at radius 2 is 2.07 bits per heavy atom. The number of nitrogens with zero attached hydrogens (tertiary/aromatic N) is 2. The number of thiocarbonyl (C=S) groups is 1. The van der Waals surface area contributed by atoms with E-state index in [0.29, 0.717) is 18.2 Å². The maximum atomic E-state index is 10.1. The second kappa shape index (κ2) is 7.07. The molecule has 3 N–H and O–H groups in total. The van der Waals surface area contributed by atoms with Crippen LogP contribution in [0.5, 0.6) is 0 Å². The Balaban J connectivity index is 3.50. The molecule has 0 radical (unpaired) electrons. The van der Waals surface area contributed by atoms with Crippen LogP contribution in [0.25, 0.3) is 0 Å². The molecule has 0 aliphatic heterocycles. The molecule has 0 spiro atoms. The minimum atomic E-state index is -1.05. The van der Waals surface area contributed by atoms with Gasteiger partial charge in [-0.25, -0.2) is 9.79 Å². The zero-order valence-electron chi connectivity index (χ0n) is 8.15. The van der Waals surface area contributed by atoms with E-state index in [4.69, 9.17) is 17.3 Å². The van der Waals surface area contributed by atoms with Gasteiger partial charge < -0.3 is 20.6 Å². The Bertz CT molecular complexity index is 230. The fraction of sp³-hybridized carbons (Fsp3) is 0.571. The lowest BCUT2D eigenvalue weighted by molar-refractivity contribution is 0.194. The standard InChI is InChI=1S/C7H14N4O2S/c1-11(2)5-10-6(14)8-3-4-9-7(12)13/h5,9H,3-4H2,1-2H3,(H,8,14)(H,12,13). The number of rotatable bonds is 4. The van der Waals surface area contributed by atoms with E-state index in [9.17, 15) is 4.79 Å². The van der Waals surface area contributed by atoms with Gasteiger partial charge in [0, 0.05) is 27.2 Å². The van der Waals surface area contributed by atoms with Crippen molar-refractivity contribution in [1.82, 2.24) is 15.5 Å². The second-order valence-corrected chi connectivity index (χ2v) is 3.06. The molecule has 0 aromatic heterocycles. The summed E-state index contributed by atoms with van der Waals surface area (Å²) >= 11 is 4.84. The quantitative estimate of drug-likeness (QED) is 0.262. The molecule has 0 aromatic rings. The van der Waals surface area contributed by atoms with Crippen LogP contribution < -0.4 is 10.6 Å². The van der Waals surface area contributed by atoms with Crippen LogP contribution in [0.3, 0.4) is 0 Å². The number of amides is 1. The van der Waals surface area contributed by atoms with Crippen LogP contribution in [-0.4, -0.2) is 54.7 Å². The summed E-state index contributed by atoms with van der Waals surface area (Å²) in [7, 11) is 3.66. The predicted octanol–water partition coefficient (Wildman–Crippen LogP) is -0.282. The normalized spacial score (nSPS) is 9.86. The summed E-state index contributed by atoms with van der Waals surface area (Å²) in [5.41, 5.74) is 0. The highest BCUT2D eigenvalue weighted by atomic mass is 32.1. The van der Waals surface area contributed by atoms with E-state index in [1.807, 2.05) is 14.1 Å². The van der Waals surface area contributed by atoms with Gasteiger partial charge in [0.25, 0.3) is 0 Å². The topological polar surface area (TPSA) is 77.0 Å². The molecule has 0 heterocycles. The summed E-state index contributed by atoms with van der Waals surface area (Å²) < 4.78 is 0. The summed E-state index contributed by atoms with van der Waals surface area (Å²) in [6.45, 7) is 0.725. The maximum Gasteiger partial charge on any atom is 0.404 e. The largest absolute Gasteiger partial charge is 0.465 e. The molecule has 0 unspecified atom stereocenters. The fourth-order valence-electron chi connectivity index (χ4n) is 0.552. The number of nitrogens with one attached hydrogen (secondary N) is 2. The molecule has 0 atom stereocenters. The van der Waals surface area contributed by atoms with Crippen molar-refractivity contribution in [1.29, 1.82) is 0 Å². The van der Waals surface area contributed by atoms with Gasteiger partial charge in [0.15, 0.2) is 5.11 Å². The predicted molar refractivity (Wildman–Crippen MR) is 58.8 cm³/mol. The number of hydrogen-bond acceptors (Lipinski definition) is 2. The van der Waals surface area contributed by atoms with E-state index >= 15 is 0 Å². The van der Waals surface area contributed by atoms with Crippen molar-refractivity contribution in [3.8, 4) is 0 Å². The first-order valence-electron chi connectivity index (χ1n) is 3.97. The van der Waals surface area contributed by atoms with Gasteiger partial charge in [0.05, 0.1) is 6.34 Å². The van der Waals surface area contributed by atoms with Crippen LogP contribution in [-0.2, 0) is 0 Å². The van der Waals surface area contributed by atoms with E-state index in [0.717, 1.165) is 0 Å². The second-order valence-electron chi connectivity index (χ2n) is 2.67. The average Bonchev–Trinajstić information content (AvgIpc) is 2.08. The highest BCUT2D eigenvalue weighted by Gasteiger charge is 1.94. The summed E-state index contributed by atoms with van der Waals surface area (Å²) in [5.74, 6) is 0. The van der Waals surface area contributed by atoms with Crippen LogP contribution >= 0.6 is 12.2 Å². The lowest BCUT2D eigenvalue weighted by Crippen LogP contribution is -2.32. The summed E-state index contributed by atoms with van der Waals surface area (Å²) in [5, 5.41) is 13.6. The van der Waals surface area contributed by atoms with Crippen molar-refractivity contribution < 1.29 is 9.90 Å². The van der Waals surface area contributed by atoms with Crippen molar-refractivity contribution in [3.63, 3.8) is 0 Å². The van der Waals surface area contributed by atoms with Gasteiger partial charge in [-0.1, -0.05) is 0 Å². The first-order valence-corrected chi connectivity index (χ1v) is 4.38. The maximum absolute atomic E-state index is 10.1. The van der Waals surface area contributed by atoms with Crippen molar-refractivity contribution >= 4 is 29.8 Å². The zero-order chi connectivity index (χ0) is 11.0.